The van der Waals surface area contributed by atoms with E-state index in [1.165, 1.54) is 0 Å². The molecule has 0 aliphatic carbocycles. The molecular weight excluding hydrogens is 456 g/mol. The largest absolute Gasteiger partial charge is 0.486 e. The lowest BCUT2D eigenvalue weighted by Gasteiger charge is -2.30. The van der Waals surface area contributed by atoms with Crippen LogP contribution in [0.3, 0.4) is 0 Å². The van der Waals surface area contributed by atoms with E-state index in [1.54, 1.807) is 13.0 Å². The third-order valence-corrected chi connectivity index (χ3v) is 6.02. The molecule has 0 bridgehead atoms. The summed E-state index contributed by atoms with van der Waals surface area (Å²) in [5.41, 5.74) is 3.01. The predicted molar refractivity (Wildman–Crippen MR) is 121 cm³/mol. The van der Waals surface area contributed by atoms with E-state index in [2.05, 4.69) is 20.4 Å². The van der Waals surface area contributed by atoms with E-state index in [-0.39, 0.29) is 55.5 Å². The number of rotatable bonds is 6. The fourth-order valence-corrected chi connectivity index (χ4v) is 4.17. The van der Waals surface area contributed by atoms with Crippen LogP contribution < -0.4 is 10.1 Å². The molecule has 1 aromatic carbocycles. The zero-order chi connectivity index (χ0) is 24.4. The molecule has 1 saturated heterocycles. The molecule has 0 spiro atoms. The molecule has 3 aliphatic heterocycles. The Labute approximate surface area is 201 Å². The molecule has 0 unspecified atom stereocenters. The third kappa shape index (κ3) is 5.31. The number of hydrogen-bond acceptors (Lipinski definition) is 10. The van der Waals surface area contributed by atoms with E-state index in [0.29, 0.717) is 49.0 Å². The number of ether oxygens (including phenoxy) is 3. The average Bonchev–Trinajstić information content (AvgIpc) is 3.37. The Morgan fingerprint density at radius 2 is 2.06 bits per heavy atom. The van der Waals surface area contributed by atoms with Gasteiger partial charge in [0.25, 0.3) is 5.91 Å². The molecule has 5 rings (SSSR count). The molecule has 1 aromatic heterocycles. The number of fused-ring (bicyclic) bond motifs is 1. The lowest BCUT2D eigenvalue weighted by molar-refractivity contribution is -0.178. The number of carbonyl (C=O) groups excluding carboxylic acids is 2. The fraction of sp³-hybridized carbons (Fsp3) is 0.458. The number of ketones is 1. The summed E-state index contributed by atoms with van der Waals surface area (Å²) in [4.78, 5) is 38.7. The highest BCUT2D eigenvalue weighted by atomic mass is 16.7. The van der Waals surface area contributed by atoms with Crippen LogP contribution in [-0.4, -0.2) is 77.2 Å². The number of nitrogens with one attached hydrogen (secondary N) is 1. The number of nitrogens with zero attached hydrogens (tertiary/aromatic N) is 3. The maximum absolute atomic E-state index is 12.8. The molecule has 2 aromatic rings. The normalized spacial score (nSPS) is 23.7. The maximum Gasteiger partial charge on any atom is 0.270 e. The zero-order valence-electron chi connectivity index (χ0n) is 19.2. The summed E-state index contributed by atoms with van der Waals surface area (Å²) in [6, 6.07) is 7.13. The molecular formula is C24H26N4O7. The Bertz CT molecular complexity index is 1160. The van der Waals surface area contributed by atoms with Gasteiger partial charge in [-0.2, -0.15) is 0 Å². The van der Waals surface area contributed by atoms with Gasteiger partial charge in [0.2, 0.25) is 0 Å². The summed E-state index contributed by atoms with van der Waals surface area (Å²) in [5.74, 6) is 0.816. The van der Waals surface area contributed by atoms with Crippen molar-refractivity contribution in [1.82, 2.24) is 15.3 Å². The van der Waals surface area contributed by atoms with E-state index in [1.807, 2.05) is 18.2 Å². The number of aromatic nitrogens is 2. The van der Waals surface area contributed by atoms with Crippen LogP contribution in [0.15, 0.2) is 29.4 Å². The molecule has 35 heavy (non-hydrogen) atoms. The first-order valence-corrected chi connectivity index (χ1v) is 11.5. The van der Waals surface area contributed by atoms with Crippen molar-refractivity contribution >= 4 is 17.4 Å². The molecule has 3 atom stereocenters. The minimum Gasteiger partial charge on any atom is -0.486 e. The Morgan fingerprint density at radius 3 is 2.86 bits per heavy atom. The van der Waals surface area contributed by atoms with Crippen LogP contribution >= 0.6 is 0 Å². The highest BCUT2D eigenvalue weighted by molar-refractivity contribution is 6.02. The second-order valence-corrected chi connectivity index (χ2v) is 8.71. The van der Waals surface area contributed by atoms with Crippen molar-refractivity contribution in [2.45, 2.75) is 44.6 Å². The Balaban J connectivity index is 1.21. The van der Waals surface area contributed by atoms with Crippen molar-refractivity contribution in [3.8, 4) is 5.75 Å². The minimum atomic E-state index is -0.350. The SMILES string of the molecule is Cc1nc(C(=O)NCc2ccc3c(c2)CC(=O)CO3)cc(C2=NO[C@H]([C@H]3CO[C@H](CO)CO3)C2)n1. The molecule has 0 radical (unpaired) electrons. The van der Waals surface area contributed by atoms with Gasteiger partial charge in [-0.15, -0.1) is 0 Å². The van der Waals surface area contributed by atoms with Crippen molar-refractivity contribution in [1.29, 1.82) is 0 Å². The van der Waals surface area contributed by atoms with Crippen molar-refractivity contribution in [2.75, 3.05) is 26.4 Å². The summed E-state index contributed by atoms with van der Waals surface area (Å²) in [5, 5.41) is 16.2. The van der Waals surface area contributed by atoms with E-state index in [0.717, 1.165) is 11.1 Å². The predicted octanol–water partition coefficient (Wildman–Crippen LogP) is 0.488. The third-order valence-electron chi connectivity index (χ3n) is 6.02. The van der Waals surface area contributed by atoms with Gasteiger partial charge in [0.1, 0.15) is 41.8 Å². The van der Waals surface area contributed by atoms with Crippen LogP contribution in [0.2, 0.25) is 0 Å². The second-order valence-electron chi connectivity index (χ2n) is 8.71. The average molecular weight is 482 g/mol. The lowest BCUT2D eigenvalue weighted by Crippen LogP contribution is -2.43. The van der Waals surface area contributed by atoms with Gasteiger partial charge >= 0.3 is 0 Å². The van der Waals surface area contributed by atoms with Crippen LogP contribution in [0, 0.1) is 6.92 Å². The number of amides is 1. The van der Waals surface area contributed by atoms with E-state index in [4.69, 9.17) is 24.2 Å². The Kier molecular flexibility index (Phi) is 6.71. The highest BCUT2D eigenvalue weighted by Gasteiger charge is 2.35. The van der Waals surface area contributed by atoms with E-state index >= 15 is 0 Å². The van der Waals surface area contributed by atoms with Crippen LogP contribution in [0.4, 0.5) is 0 Å². The molecule has 3 aliphatic rings. The monoisotopic (exact) mass is 482 g/mol. The number of hydrogen-bond donors (Lipinski definition) is 2. The molecule has 1 fully saturated rings. The molecule has 11 heteroatoms. The van der Waals surface area contributed by atoms with Crippen LogP contribution in [-0.2, 0) is 32.1 Å². The lowest BCUT2D eigenvalue weighted by atomic mass is 10.0. The van der Waals surface area contributed by atoms with Crippen molar-refractivity contribution < 1.29 is 33.7 Å². The summed E-state index contributed by atoms with van der Waals surface area (Å²) >= 11 is 0. The van der Waals surface area contributed by atoms with Gasteiger partial charge in [0.05, 0.1) is 25.5 Å². The number of benzene rings is 1. The number of aryl methyl sites for hydroxylation is 1. The summed E-state index contributed by atoms with van der Waals surface area (Å²) in [7, 11) is 0. The second kappa shape index (κ2) is 10.1. The van der Waals surface area contributed by atoms with Crippen LogP contribution in [0.5, 0.6) is 5.75 Å². The number of oxime groups is 1. The Morgan fingerprint density at radius 1 is 1.17 bits per heavy atom. The van der Waals surface area contributed by atoms with Gasteiger partial charge in [0.15, 0.2) is 11.9 Å². The van der Waals surface area contributed by atoms with Crippen molar-refractivity contribution in [2.24, 2.45) is 5.16 Å². The fourth-order valence-electron chi connectivity index (χ4n) is 4.17. The molecule has 184 valence electrons. The number of aliphatic hydroxyl groups excluding tert-OH is 1. The quantitative estimate of drug-likeness (QED) is 0.601. The molecule has 1 amide bonds. The van der Waals surface area contributed by atoms with Crippen molar-refractivity contribution in [3.05, 3.63) is 52.6 Å². The first-order chi connectivity index (χ1) is 17.0. The van der Waals surface area contributed by atoms with E-state index in [9.17, 15) is 9.59 Å². The van der Waals surface area contributed by atoms with Crippen molar-refractivity contribution in [3.63, 3.8) is 0 Å². The smallest absolute Gasteiger partial charge is 0.270 e. The van der Waals surface area contributed by atoms with Gasteiger partial charge in [-0.25, -0.2) is 9.97 Å². The molecule has 2 N–H and O–H groups in total. The van der Waals surface area contributed by atoms with Gasteiger partial charge < -0.3 is 29.5 Å². The minimum absolute atomic E-state index is 0.0284. The number of aliphatic hydroxyl groups is 1. The summed E-state index contributed by atoms with van der Waals surface area (Å²) in [6.07, 6.45) is -0.183. The summed E-state index contributed by atoms with van der Waals surface area (Å²) in [6.45, 7) is 2.59. The molecule has 4 heterocycles. The van der Waals surface area contributed by atoms with E-state index < -0.39 is 0 Å². The first-order valence-electron chi connectivity index (χ1n) is 11.5. The highest BCUT2D eigenvalue weighted by Crippen LogP contribution is 2.25. The van der Waals surface area contributed by atoms with Gasteiger partial charge in [-0.1, -0.05) is 11.2 Å². The molecule has 0 saturated carbocycles. The topological polar surface area (TPSA) is 141 Å². The molecule has 11 nitrogen and oxygen atoms in total. The first kappa shape index (κ1) is 23.3. The van der Waals surface area contributed by atoms with Crippen LogP contribution in [0.1, 0.15) is 39.6 Å². The Hall–Kier alpha value is -3.41. The number of carbonyl (C=O) groups is 2. The zero-order valence-corrected chi connectivity index (χ0v) is 19.2. The van der Waals surface area contributed by atoms with Gasteiger partial charge in [0, 0.05) is 24.9 Å². The maximum atomic E-state index is 12.8. The number of Topliss-reactive ketones (excluding diaryl/α,β-unsaturated/α-hetero) is 1. The standard InChI is InChI=1S/C24H26N4O7/c1-13-26-18(19-7-22(35-28-19)23-12-32-17(9-29)11-34-23)6-20(27-13)24(31)25-8-14-2-3-21-15(4-14)5-16(30)10-33-21/h2-4,6,17,22-23,29H,5,7-12H2,1H3,(H,25,31)/t17-,22+,23-/m1/s1. The van der Waals surface area contributed by atoms with Gasteiger partial charge in [-0.05, 0) is 30.7 Å². The van der Waals surface area contributed by atoms with Gasteiger partial charge in [-0.3, -0.25) is 9.59 Å². The van der Waals surface area contributed by atoms with Crippen LogP contribution in [0.25, 0.3) is 0 Å². The summed E-state index contributed by atoms with van der Waals surface area (Å²) < 4.78 is 16.7.